The molecule has 31 heavy (non-hydrogen) atoms. The van der Waals surface area contributed by atoms with Crippen LogP contribution in [0, 0.1) is 0 Å². The Bertz CT molecular complexity index is 1070. The monoisotopic (exact) mass is 470 g/mol. The topological polar surface area (TPSA) is 73.8 Å². The van der Waals surface area contributed by atoms with Crippen molar-refractivity contribution in [1.29, 1.82) is 0 Å². The van der Waals surface area contributed by atoms with Crippen LogP contribution in [-0.4, -0.2) is 56.3 Å². The van der Waals surface area contributed by atoms with Gasteiger partial charge >= 0.3 is 0 Å². The lowest BCUT2D eigenvalue weighted by molar-refractivity contribution is -0.117. The van der Waals surface area contributed by atoms with Gasteiger partial charge in [0.25, 0.3) is 6.43 Å². The summed E-state index contributed by atoms with van der Waals surface area (Å²) in [5, 5.41) is -0.0283. The summed E-state index contributed by atoms with van der Waals surface area (Å²) in [7, 11) is -3.71. The summed E-state index contributed by atoms with van der Waals surface area (Å²) in [5.41, 5.74) is 0.467. The SMILES string of the molecule is O=C1CCCN1c1ccc(S(=O)(=O)N2CCN(c3cc(C(F)F)cc(Cl)n3)CC2)cc1. The number of nitrogens with zero attached hydrogens (tertiary/aromatic N) is 4. The molecule has 1 aromatic heterocycles. The molecule has 1 amide bonds. The molecule has 4 rings (SSSR count). The summed E-state index contributed by atoms with van der Waals surface area (Å²) in [4.78, 5) is 19.5. The molecule has 0 radical (unpaired) electrons. The number of rotatable bonds is 5. The summed E-state index contributed by atoms with van der Waals surface area (Å²) in [5.74, 6) is 0.343. The minimum absolute atomic E-state index is 0.0283. The van der Waals surface area contributed by atoms with Gasteiger partial charge in [-0.3, -0.25) is 4.79 Å². The molecule has 2 fully saturated rings. The van der Waals surface area contributed by atoms with Crippen molar-refractivity contribution in [2.75, 3.05) is 42.5 Å². The molecule has 3 heterocycles. The fourth-order valence-electron chi connectivity index (χ4n) is 3.82. The third kappa shape index (κ3) is 4.51. The van der Waals surface area contributed by atoms with Crippen molar-refractivity contribution in [1.82, 2.24) is 9.29 Å². The van der Waals surface area contributed by atoms with Crippen molar-refractivity contribution in [3.05, 3.63) is 47.1 Å². The maximum Gasteiger partial charge on any atom is 0.264 e. The number of piperazine rings is 1. The molecule has 2 aromatic rings. The lowest BCUT2D eigenvalue weighted by atomic mass is 10.2. The molecule has 0 bridgehead atoms. The van der Waals surface area contributed by atoms with E-state index in [4.69, 9.17) is 11.6 Å². The van der Waals surface area contributed by atoms with Crippen LogP contribution in [0.25, 0.3) is 0 Å². The molecule has 7 nitrogen and oxygen atoms in total. The van der Waals surface area contributed by atoms with Crippen molar-refractivity contribution in [3.63, 3.8) is 0 Å². The molecule has 1 aromatic carbocycles. The number of pyridine rings is 1. The molecule has 0 atom stereocenters. The first-order valence-corrected chi connectivity index (χ1v) is 11.7. The average Bonchev–Trinajstić information content (AvgIpc) is 3.19. The van der Waals surface area contributed by atoms with E-state index in [1.54, 1.807) is 21.9 Å². The first-order valence-electron chi connectivity index (χ1n) is 9.87. The molecule has 0 unspecified atom stereocenters. The van der Waals surface area contributed by atoms with Crippen LogP contribution in [0.15, 0.2) is 41.3 Å². The van der Waals surface area contributed by atoms with Crippen LogP contribution in [0.2, 0.25) is 5.15 Å². The number of sulfonamides is 1. The van der Waals surface area contributed by atoms with E-state index in [-0.39, 0.29) is 34.6 Å². The Kier molecular flexibility index (Phi) is 6.14. The quantitative estimate of drug-likeness (QED) is 0.627. The molecular weight excluding hydrogens is 450 g/mol. The highest BCUT2D eigenvalue weighted by Gasteiger charge is 2.30. The zero-order valence-electron chi connectivity index (χ0n) is 16.5. The van der Waals surface area contributed by atoms with E-state index in [1.807, 2.05) is 0 Å². The number of hydrogen-bond acceptors (Lipinski definition) is 5. The largest absolute Gasteiger partial charge is 0.354 e. The molecule has 11 heteroatoms. The van der Waals surface area contributed by atoms with E-state index in [1.165, 1.54) is 22.5 Å². The Morgan fingerprint density at radius 1 is 1.00 bits per heavy atom. The van der Waals surface area contributed by atoms with Crippen molar-refractivity contribution in [3.8, 4) is 0 Å². The van der Waals surface area contributed by atoms with Gasteiger partial charge in [-0.25, -0.2) is 22.2 Å². The second kappa shape index (κ2) is 8.68. The molecule has 0 spiro atoms. The third-order valence-corrected chi connectivity index (χ3v) is 7.58. The zero-order valence-corrected chi connectivity index (χ0v) is 18.1. The lowest BCUT2D eigenvalue weighted by Gasteiger charge is -2.35. The fourth-order valence-corrected chi connectivity index (χ4v) is 5.45. The van der Waals surface area contributed by atoms with Gasteiger partial charge in [-0.05, 0) is 42.8 Å². The Balaban J connectivity index is 1.45. The van der Waals surface area contributed by atoms with E-state index in [0.29, 0.717) is 37.6 Å². The molecule has 166 valence electrons. The number of amides is 1. The zero-order chi connectivity index (χ0) is 22.2. The predicted molar refractivity (Wildman–Crippen MR) is 113 cm³/mol. The molecule has 0 saturated carbocycles. The molecule has 0 aliphatic carbocycles. The number of aromatic nitrogens is 1. The van der Waals surface area contributed by atoms with Crippen molar-refractivity contribution >= 4 is 39.0 Å². The van der Waals surface area contributed by atoms with E-state index >= 15 is 0 Å². The maximum atomic E-state index is 13.0. The number of benzene rings is 1. The van der Waals surface area contributed by atoms with E-state index < -0.39 is 16.4 Å². The summed E-state index contributed by atoms with van der Waals surface area (Å²) in [6, 6.07) is 8.71. The van der Waals surface area contributed by atoms with E-state index in [2.05, 4.69) is 4.98 Å². The van der Waals surface area contributed by atoms with Gasteiger partial charge in [0.05, 0.1) is 4.90 Å². The van der Waals surface area contributed by atoms with Gasteiger partial charge < -0.3 is 9.80 Å². The van der Waals surface area contributed by atoms with Gasteiger partial charge in [-0.1, -0.05) is 11.6 Å². The van der Waals surface area contributed by atoms with E-state index in [0.717, 1.165) is 12.5 Å². The summed E-state index contributed by atoms with van der Waals surface area (Å²) in [6.45, 7) is 1.61. The van der Waals surface area contributed by atoms with Crippen molar-refractivity contribution in [2.24, 2.45) is 0 Å². The van der Waals surface area contributed by atoms with Gasteiger partial charge in [-0.2, -0.15) is 4.31 Å². The minimum atomic E-state index is -3.71. The summed E-state index contributed by atoms with van der Waals surface area (Å²) >= 11 is 5.86. The Morgan fingerprint density at radius 3 is 2.26 bits per heavy atom. The van der Waals surface area contributed by atoms with Crippen LogP contribution < -0.4 is 9.80 Å². The number of halogens is 3. The number of anilines is 2. The molecule has 0 N–H and O–H groups in total. The smallest absolute Gasteiger partial charge is 0.264 e. The van der Waals surface area contributed by atoms with Crippen LogP contribution >= 0.6 is 11.6 Å². The molecule has 2 aliphatic heterocycles. The standard InChI is InChI=1S/C20H21ClF2N4O3S/c21-17-12-14(20(22)23)13-18(24-17)25-8-10-26(11-9-25)31(29,30)16-5-3-15(4-6-16)27-7-1-2-19(27)28/h3-6,12-13,20H,1-2,7-11H2. The van der Waals surface area contributed by atoms with Gasteiger partial charge in [0.2, 0.25) is 15.9 Å². The highest BCUT2D eigenvalue weighted by Crippen LogP contribution is 2.28. The van der Waals surface area contributed by atoms with Gasteiger partial charge in [0.15, 0.2) is 0 Å². The first kappa shape index (κ1) is 21.9. The Labute approximate surface area is 184 Å². The Hall–Kier alpha value is -2.30. The first-order chi connectivity index (χ1) is 14.8. The molecule has 2 saturated heterocycles. The predicted octanol–water partition coefficient (Wildman–Crippen LogP) is 3.31. The van der Waals surface area contributed by atoms with Crippen LogP contribution in [0.3, 0.4) is 0 Å². The number of carbonyl (C=O) groups excluding carboxylic acids is 1. The minimum Gasteiger partial charge on any atom is -0.354 e. The highest BCUT2D eigenvalue weighted by atomic mass is 35.5. The van der Waals surface area contributed by atoms with Crippen LogP contribution in [0.5, 0.6) is 0 Å². The van der Waals surface area contributed by atoms with E-state index in [9.17, 15) is 22.0 Å². The summed E-state index contributed by atoms with van der Waals surface area (Å²) < 4.78 is 53.5. The van der Waals surface area contributed by atoms with Crippen LogP contribution in [0.4, 0.5) is 20.3 Å². The van der Waals surface area contributed by atoms with Crippen LogP contribution in [-0.2, 0) is 14.8 Å². The number of carbonyl (C=O) groups is 1. The maximum absolute atomic E-state index is 13.0. The average molecular weight is 471 g/mol. The van der Waals surface area contributed by atoms with Gasteiger partial charge in [0.1, 0.15) is 11.0 Å². The second-order valence-corrected chi connectivity index (χ2v) is 9.74. The highest BCUT2D eigenvalue weighted by molar-refractivity contribution is 7.89. The van der Waals surface area contributed by atoms with Crippen LogP contribution in [0.1, 0.15) is 24.8 Å². The van der Waals surface area contributed by atoms with Gasteiger partial charge in [-0.15, -0.1) is 0 Å². The normalized spacial score (nSPS) is 18.3. The van der Waals surface area contributed by atoms with Gasteiger partial charge in [0, 0.05) is 50.4 Å². The summed E-state index contributed by atoms with van der Waals surface area (Å²) in [6.07, 6.45) is -1.37. The molecular formula is C20H21ClF2N4O3S. The lowest BCUT2D eigenvalue weighted by Crippen LogP contribution is -2.49. The number of hydrogen-bond donors (Lipinski definition) is 0. The van der Waals surface area contributed by atoms with Crippen molar-refractivity contribution in [2.45, 2.75) is 24.2 Å². The third-order valence-electron chi connectivity index (χ3n) is 5.48. The van der Waals surface area contributed by atoms with Crippen molar-refractivity contribution < 1.29 is 22.0 Å². The number of alkyl halides is 2. The molecule has 2 aliphatic rings. The fraction of sp³-hybridized carbons (Fsp3) is 0.400. The Morgan fingerprint density at radius 2 is 1.68 bits per heavy atom. The second-order valence-electron chi connectivity index (χ2n) is 7.42.